The van der Waals surface area contributed by atoms with Crippen molar-refractivity contribution in [1.82, 2.24) is 4.90 Å². The van der Waals surface area contributed by atoms with E-state index < -0.39 is 24.0 Å². The first-order valence-corrected chi connectivity index (χ1v) is 8.14. The predicted molar refractivity (Wildman–Crippen MR) is 82.8 cm³/mol. The van der Waals surface area contributed by atoms with E-state index in [0.29, 0.717) is 5.02 Å². The average Bonchev–Trinajstić information content (AvgIpc) is 3.02. The van der Waals surface area contributed by atoms with Crippen LogP contribution in [0.1, 0.15) is 4.88 Å². The molecule has 3 nitrogen and oxygen atoms in total. The molecule has 2 atom stereocenters. The molecule has 0 saturated carbocycles. The molecule has 0 amide bonds. The average molecular weight is 364 g/mol. The molecular weight excluding hydrogens is 351 g/mol. The zero-order chi connectivity index (χ0) is 16.8. The third kappa shape index (κ3) is 3.18. The number of alkyl halides is 3. The predicted octanol–water partition coefficient (Wildman–Crippen LogP) is 4.25. The Morgan fingerprint density at radius 1 is 1.35 bits per heavy atom. The van der Waals surface area contributed by atoms with Crippen molar-refractivity contribution >= 4 is 39.0 Å². The number of hydrogen-bond donors (Lipinski definition) is 1. The van der Waals surface area contributed by atoms with Gasteiger partial charge in [0.05, 0.1) is 16.9 Å². The van der Waals surface area contributed by atoms with Crippen LogP contribution in [0.4, 0.5) is 13.2 Å². The lowest BCUT2D eigenvalue weighted by Crippen LogP contribution is -2.33. The van der Waals surface area contributed by atoms with Gasteiger partial charge in [-0.05, 0) is 6.07 Å². The van der Waals surface area contributed by atoms with Crippen molar-refractivity contribution in [3.63, 3.8) is 0 Å². The molecule has 3 rings (SSSR count). The number of carboxylic acids is 1. The fraction of sp³-hybridized carbons (Fsp3) is 0.400. The van der Waals surface area contributed by atoms with Crippen LogP contribution in [-0.2, 0) is 11.3 Å². The molecule has 0 aliphatic carbocycles. The zero-order valence-corrected chi connectivity index (χ0v) is 13.4. The fourth-order valence-corrected chi connectivity index (χ4v) is 4.50. The van der Waals surface area contributed by atoms with Crippen molar-refractivity contribution in [3.8, 4) is 0 Å². The minimum absolute atomic E-state index is 0.121. The molecule has 0 radical (unpaired) electrons. The maximum atomic E-state index is 13.0. The number of thiophene rings is 1. The summed E-state index contributed by atoms with van der Waals surface area (Å²) < 4.78 is 40.0. The summed E-state index contributed by atoms with van der Waals surface area (Å²) in [5.41, 5.74) is 0. The number of benzene rings is 1. The lowest BCUT2D eigenvalue weighted by atomic mass is 9.96. The van der Waals surface area contributed by atoms with Crippen molar-refractivity contribution in [2.75, 3.05) is 13.1 Å². The van der Waals surface area contributed by atoms with Gasteiger partial charge in [0.25, 0.3) is 0 Å². The van der Waals surface area contributed by atoms with E-state index >= 15 is 0 Å². The summed E-state index contributed by atoms with van der Waals surface area (Å²) in [7, 11) is 0. The van der Waals surface area contributed by atoms with Gasteiger partial charge in [0.15, 0.2) is 0 Å². The van der Waals surface area contributed by atoms with Crippen molar-refractivity contribution in [2.45, 2.75) is 12.7 Å². The first-order chi connectivity index (χ1) is 10.8. The second-order valence-corrected chi connectivity index (χ2v) is 7.14. The first kappa shape index (κ1) is 16.5. The molecule has 1 fully saturated rings. The van der Waals surface area contributed by atoms with Crippen LogP contribution >= 0.6 is 22.9 Å². The maximum Gasteiger partial charge on any atom is 0.393 e. The monoisotopic (exact) mass is 363 g/mol. The summed E-state index contributed by atoms with van der Waals surface area (Å²) in [6.45, 7) is -0.205. The summed E-state index contributed by atoms with van der Waals surface area (Å²) in [6, 6.07) is 7.48. The lowest BCUT2D eigenvalue weighted by molar-refractivity contribution is -0.188. The van der Waals surface area contributed by atoms with Gasteiger partial charge in [-0.15, -0.1) is 11.3 Å². The highest BCUT2D eigenvalue weighted by Gasteiger charge is 2.52. The second-order valence-electron chi connectivity index (χ2n) is 5.62. The van der Waals surface area contributed by atoms with Crippen LogP contribution in [-0.4, -0.2) is 35.2 Å². The van der Waals surface area contributed by atoms with Gasteiger partial charge in [0, 0.05) is 34.6 Å². The smallest absolute Gasteiger partial charge is 0.393 e. The van der Waals surface area contributed by atoms with E-state index in [0.717, 1.165) is 15.0 Å². The summed E-state index contributed by atoms with van der Waals surface area (Å²) in [4.78, 5) is 13.4. The molecule has 0 bridgehead atoms. The normalized spacial score (nSPS) is 22.8. The van der Waals surface area contributed by atoms with Gasteiger partial charge in [-0.25, -0.2) is 0 Å². The van der Waals surface area contributed by atoms with Crippen LogP contribution < -0.4 is 0 Å². The van der Waals surface area contributed by atoms with Crippen molar-refractivity contribution < 1.29 is 23.1 Å². The van der Waals surface area contributed by atoms with Gasteiger partial charge in [-0.3, -0.25) is 9.69 Å². The molecule has 2 heterocycles. The Labute approximate surface area is 139 Å². The van der Waals surface area contributed by atoms with E-state index in [9.17, 15) is 18.0 Å². The van der Waals surface area contributed by atoms with Gasteiger partial charge in [0.1, 0.15) is 0 Å². The summed E-state index contributed by atoms with van der Waals surface area (Å²) in [5, 5.41) is 10.5. The zero-order valence-electron chi connectivity index (χ0n) is 11.8. The number of aliphatic carboxylic acids is 1. The number of carboxylic acid groups (broad SMARTS) is 1. The van der Waals surface area contributed by atoms with Gasteiger partial charge in [0.2, 0.25) is 0 Å². The number of halogens is 4. The summed E-state index contributed by atoms with van der Waals surface area (Å²) >= 11 is 7.73. The van der Waals surface area contributed by atoms with Crippen LogP contribution in [0.25, 0.3) is 10.1 Å². The lowest BCUT2D eigenvalue weighted by Gasteiger charge is -2.18. The number of rotatable bonds is 3. The molecule has 8 heteroatoms. The van der Waals surface area contributed by atoms with E-state index in [-0.39, 0.29) is 19.6 Å². The number of carbonyl (C=O) groups is 1. The van der Waals surface area contributed by atoms with E-state index in [2.05, 4.69) is 0 Å². The molecule has 23 heavy (non-hydrogen) atoms. The molecule has 1 aliphatic heterocycles. The minimum Gasteiger partial charge on any atom is -0.481 e. The Bertz CT molecular complexity index is 746. The fourth-order valence-electron chi connectivity index (χ4n) is 2.97. The first-order valence-electron chi connectivity index (χ1n) is 6.95. The topological polar surface area (TPSA) is 40.5 Å². The Morgan fingerprint density at radius 3 is 2.61 bits per heavy atom. The maximum absolute atomic E-state index is 13.0. The molecular formula is C15H13ClF3NO2S. The molecule has 1 saturated heterocycles. The molecule has 124 valence electrons. The minimum atomic E-state index is -4.51. The summed E-state index contributed by atoms with van der Waals surface area (Å²) in [6.07, 6.45) is -4.51. The number of likely N-dealkylation sites (tertiary alicyclic amines) is 1. The van der Waals surface area contributed by atoms with Crippen molar-refractivity contribution in [2.24, 2.45) is 11.8 Å². The van der Waals surface area contributed by atoms with Crippen molar-refractivity contribution in [3.05, 3.63) is 34.2 Å². The van der Waals surface area contributed by atoms with Crippen molar-refractivity contribution in [1.29, 1.82) is 0 Å². The Balaban J connectivity index is 1.83. The van der Waals surface area contributed by atoms with Gasteiger partial charge >= 0.3 is 12.1 Å². The quantitative estimate of drug-likeness (QED) is 0.886. The Kier molecular flexibility index (Phi) is 4.29. The van der Waals surface area contributed by atoms with Crippen LogP contribution in [0.3, 0.4) is 0 Å². The van der Waals surface area contributed by atoms with Crippen LogP contribution in [0.2, 0.25) is 5.02 Å². The van der Waals surface area contributed by atoms with Crippen LogP contribution in [0, 0.1) is 11.8 Å². The Morgan fingerprint density at radius 2 is 2.04 bits per heavy atom. The van der Waals surface area contributed by atoms with Gasteiger partial charge in [-0.1, -0.05) is 29.8 Å². The van der Waals surface area contributed by atoms with Crippen LogP contribution in [0.5, 0.6) is 0 Å². The molecule has 0 unspecified atom stereocenters. The largest absolute Gasteiger partial charge is 0.481 e. The molecule has 2 aromatic rings. The third-order valence-corrected chi connectivity index (χ3v) is 5.80. The number of hydrogen-bond acceptors (Lipinski definition) is 3. The highest BCUT2D eigenvalue weighted by molar-refractivity contribution is 7.19. The molecule has 0 spiro atoms. The molecule has 1 aromatic heterocycles. The highest BCUT2D eigenvalue weighted by Crippen LogP contribution is 2.40. The highest BCUT2D eigenvalue weighted by atomic mass is 35.5. The molecule has 1 aromatic carbocycles. The van der Waals surface area contributed by atoms with E-state index in [1.165, 1.54) is 16.2 Å². The standard InChI is InChI=1S/C15H13ClF3NO2S/c16-13-8-3-1-2-4-11(8)23-12(13)7-20-5-9(14(21)22)10(6-20)15(17,18)19/h1-4,9-10H,5-7H2,(H,21,22)/t9-,10-/m1/s1. The van der Waals surface area contributed by atoms with Gasteiger partial charge < -0.3 is 5.11 Å². The molecule has 1 N–H and O–H groups in total. The Hall–Kier alpha value is -1.31. The van der Waals surface area contributed by atoms with E-state index in [1.54, 1.807) is 0 Å². The van der Waals surface area contributed by atoms with Gasteiger partial charge in [-0.2, -0.15) is 13.2 Å². The number of nitrogens with zero attached hydrogens (tertiary/aromatic N) is 1. The van der Waals surface area contributed by atoms with Crippen LogP contribution in [0.15, 0.2) is 24.3 Å². The summed E-state index contributed by atoms with van der Waals surface area (Å²) in [5.74, 6) is -4.67. The van der Waals surface area contributed by atoms with E-state index in [1.807, 2.05) is 24.3 Å². The molecule has 1 aliphatic rings. The number of fused-ring (bicyclic) bond motifs is 1. The SMILES string of the molecule is O=C(O)[C@@H]1CN(Cc2sc3ccccc3c2Cl)C[C@H]1C(F)(F)F. The third-order valence-electron chi connectivity index (χ3n) is 4.10. The van der Waals surface area contributed by atoms with E-state index in [4.69, 9.17) is 16.7 Å². The second kappa shape index (κ2) is 5.96.